The highest BCUT2D eigenvalue weighted by Crippen LogP contribution is 2.24. The molecule has 3 N–H and O–H groups in total. The number of rotatable bonds is 10. The number of carbonyl (C=O) groups is 4. The van der Waals surface area contributed by atoms with Gasteiger partial charge in [0.2, 0.25) is 11.8 Å². The van der Waals surface area contributed by atoms with E-state index in [0.29, 0.717) is 5.75 Å². The van der Waals surface area contributed by atoms with Crippen molar-refractivity contribution < 1.29 is 33.4 Å². The van der Waals surface area contributed by atoms with E-state index in [1.165, 1.54) is 11.1 Å². The molecular weight excluding hydrogens is 550 g/mol. The summed E-state index contributed by atoms with van der Waals surface area (Å²) in [5.74, 6) is -0.347. The first-order valence-corrected chi connectivity index (χ1v) is 14.7. The summed E-state index contributed by atoms with van der Waals surface area (Å²) in [5.41, 5.74) is 3.93. The number of benzene rings is 2. The predicted octanol–water partition coefficient (Wildman–Crippen LogP) is 4.70. The molecule has 1 aliphatic rings. The Morgan fingerprint density at radius 2 is 1.49 bits per heavy atom. The second-order valence-electron chi connectivity index (χ2n) is 12.6. The van der Waals surface area contributed by atoms with Gasteiger partial charge in [0.25, 0.3) is 0 Å². The Labute approximate surface area is 254 Å². The van der Waals surface area contributed by atoms with Crippen LogP contribution in [-0.4, -0.2) is 54.4 Å². The van der Waals surface area contributed by atoms with Crippen molar-refractivity contribution in [2.24, 2.45) is 5.92 Å². The fraction of sp³-hybridized carbons (Fsp3) is 0.515. The van der Waals surface area contributed by atoms with Gasteiger partial charge in [0, 0.05) is 12.5 Å². The third-order valence-electron chi connectivity index (χ3n) is 6.97. The van der Waals surface area contributed by atoms with Crippen LogP contribution in [0.3, 0.4) is 0 Å². The number of hydrogen-bond donors (Lipinski definition) is 3. The van der Waals surface area contributed by atoms with Gasteiger partial charge in [-0.15, -0.1) is 0 Å². The van der Waals surface area contributed by atoms with Crippen LogP contribution in [0.25, 0.3) is 0 Å². The lowest BCUT2D eigenvalue weighted by molar-refractivity contribution is -0.130. The van der Waals surface area contributed by atoms with Crippen molar-refractivity contribution in [3.63, 3.8) is 0 Å². The topological polar surface area (TPSA) is 132 Å². The molecule has 0 spiro atoms. The van der Waals surface area contributed by atoms with E-state index in [-0.39, 0.29) is 30.9 Å². The van der Waals surface area contributed by atoms with Gasteiger partial charge in [0.1, 0.15) is 23.4 Å². The number of ether oxygens (including phenoxy) is 3. The smallest absolute Gasteiger partial charge is 0.444 e. The third-order valence-corrected chi connectivity index (χ3v) is 6.97. The molecule has 0 aliphatic heterocycles. The van der Waals surface area contributed by atoms with Gasteiger partial charge in [-0.1, -0.05) is 38.1 Å². The van der Waals surface area contributed by atoms with Crippen molar-refractivity contribution >= 4 is 24.1 Å². The second kappa shape index (κ2) is 14.4. The van der Waals surface area contributed by atoms with Crippen molar-refractivity contribution in [3.05, 3.63) is 64.2 Å². The Morgan fingerprint density at radius 3 is 2.02 bits per heavy atom. The van der Waals surface area contributed by atoms with Gasteiger partial charge in [-0.25, -0.2) is 9.59 Å². The molecule has 10 nitrogen and oxygen atoms in total. The van der Waals surface area contributed by atoms with Crippen molar-refractivity contribution in [3.8, 4) is 5.75 Å². The molecule has 0 bridgehead atoms. The van der Waals surface area contributed by atoms with Crippen LogP contribution < -0.4 is 20.7 Å². The predicted molar refractivity (Wildman–Crippen MR) is 163 cm³/mol. The molecule has 234 valence electrons. The molecule has 2 aromatic carbocycles. The zero-order valence-electron chi connectivity index (χ0n) is 26.5. The molecule has 0 unspecified atom stereocenters. The molecule has 1 aliphatic carbocycles. The van der Waals surface area contributed by atoms with E-state index in [2.05, 4.69) is 28.1 Å². The minimum Gasteiger partial charge on any atom is -0.444 e. The summed E-state index contributed by atoms with van der Waals surface area (Å²) in [4.78, 5) is 51.3. The van der Waals surface area contributed by atoms with Gasteiger partial charge in [-0.05, 0) is 100 Å². The number of carbonyl (C=O) groups excluding carboxylic acids is 4. The number of nitrogens with one attached hydrogen (secondary N) is 3. The monoisotopic (exact) mass is 595 g/mol. The second-order valence-corrected chi connectivity index (χ2v) is 12.6. The fourth-order valence-corrected chi connectivity index (χ4v) is 4.92. The summed E-state index contributed by atoms with van der Waals surface area (Å²) in [6.45, 7) is 14.6. The quantitative estimate of drug-likeness (QED) is 0.268. The molecule has 0 radical (unpaired) electrons. The Balaban J connectivity index is 1.71. The molecule has 2 aromatic rings. The third kappa shape index (κ3) is 10.3. The first-order valence-electron chi connectivity index (χ1n) is 14.7. The number of fused-ring (bicyclic) bond motifs is 1. The molecule has 0 fully saturated rings. The number of amides is 3. The lowest BCUT2D eigenvalue weighted by Gasteiger charge is -2.25. The van der Waals surface area contributed by atoms with Crippen molar-refractivity contribution in [1.82, 2.24) is 16.0 Å². The largest absolute Gasteiger partial charge is 0.513 e. The maximum Gasteiger partial charge on any atom is 0.513 e. The minimum absolute atomic E-state index is 0.0476. The van der Waals surface area contributed by atoms with Crippen LogP contribution in [0.1, 0.15) is 69.4 Å². The summed E-state index contributed by atoms with van der Waals surface area (Å²) in [5, 5.41) is 8.45. The highest BCUT2D eigenvalue weighted by Gasteiger charge is 2.30. The lowest BCUT2D eigenvalue weighted by atomic mass is 9.95. The van der Waals surface area contributed by atoms with Gasteiger partial charge in [-0.2, -0.15) is 0 Å². The van der Waals surface area contributed by atoms with Crippen LogP contribution in [0.15, 0.2) is 36.4 Å². The molecular formula is C33H45N3O7. The van der Waals surface area contributed by atoms with E-state index in [1.54, 1.807) is 39.8 Å². The van der Waals surface area contributed by atoms with Crippen LogP contribution in [0.5, 0.6) is 5.75 Å². The maximum atomic E-state index is 13.5. The average molecular weight is 596 g/mol. The van der Waals surface area contributed by atoms with Crippen LogP contribution in [0.4, 0.5) is 9.59 Å². The van der Waals surface area contributed by atoms with Crippen molar-refractivity contribution in [1.29, 1.82) is 0 Å². The zero-order chi connectivity index (χ0) is 31.9. The summed E-state index contributed by atoms with van der Waals surface area (Å²) >= 11 is 0. The molecule has 3 rings (SSSR count). The molecule has 0 saturated heterocycles. The lowest BCUT2D eigenvalue weighted by Crippen LogP contribution is -2.55. The van der Waals surface area contributed by atoms with E-state index in [1.807, 2.05) is 39.8 Å². The highest BCUT2D eigenvalue weighted by atomic mass is 16.7. The molecule has 10 heteroatoms. The summed E-state index contributed by atoms with van der Waals surface area (Å²) < 4.78 is 15.8. The van der Waals surface area contributed by atoms with E-state index >= 15 is 0 Å². The molecule has 43 heavy (non-hydrogen) atoms. The summed E-state index contributed by atoms with van der Waals surface area (Å²) in [7, 11) is 0. The first kappa shape index (κ1) is 33.4. The number of aryl methyl sites for hydroxylation is 2. The van der Waals surface area contributed by atoms with E-state index in [9.17, 15) is 19.2 Å². The Kier molecular flexibility index (Phi) is 11.2. The van der Waals surface area contributed by atoms with E-state index in [0.717, 1.165) is 29.5 Å². The highest BCUT2D eigenvalue weighted by molar-refractivity contribution is 5.91. The van der Waals surface area contributed by atoms with E-state index in [4.69, 9.17) is 14.2 Å². The van der Waals surface area contributed by atoms with Crippen LogP contribution >= 0.6 is 0 Å². The first-order chi connectivity index (χ1) is 20.1. The van der Waals surface area contributed by atoms with Crippen molar-refractivity contribution in [2.45, 2.75) is 98.4 Å². The van der Waals surface area contributed by atoms with Crippen LogP contribution in [0.2, 0.25) is 0 Å². The van der Waals surface area contributed by atoms with Gasteiger partial charge in [0.15, 0.2) is 0 Å². The molecule has 0 saturated carbocycles. The van der Waals surface area contributed by atoms with Crippen molar-refractivity contribution in [2.75, 3.05) is 6.61 Å². The van der Waals surface area contributed by atoms with Crippen LogP contribution in [0, 0.1) is 19.8 Å². The zero-order valence-corrected chi connectivity index (χ0v) is 26.5. The SMILES string of the molecule is Cc1cc(OC(=O)OCC(C)C)cc(C)c1C[C@H](NC(=O)OC(C)(C)C)C(=O)N[C@H](C)C(=O)NC1Cc2ccccc2C1. The standard InChI is InChI=1S/C33H45N3O7/c1-19(2)18-41-32(40)42-26-13-20(3)27(21(4)14-26)17-28(36-31(39)43-33(6,7)8)30(38)34-22(5)29(37)35-25-15-23-11-9-10-12-24(23)16-25/h9-14,19,22,25,28H,15-18H2,1-8H3,(H,34,38)(H,35,37)(H,36,39)/t22-,28+/m1/s1. The maximum absolute atomic E-state index is 13.5. The summed E-state index contributed by atoms with van der Waals surface area (Å²) in [6, 6.07) is 9.50. The van der Waals surface area contributed by atoms with Gasteiger partial charge >= 0.3 is 12.2 Å². The molecule has 3 amide bonds. The van der Waals surface area contributed by atoms with Crippen LogP contribution in [-0.2, 0) is 38.3 Å². The van der Waals surface area contributed by atoms with Gasteiger partial charge < -0.3 is 30.2 Å². The number of alkyl carbamates (subject to hydrolysis) is 1. The van der Waals surface area contributed by atoms with E-state index < -0.39 is 35.8 Å². The Bertz CT molecular complexity index is 1280. The average Bonchev–Trinajstić information content (AvgIpc) is 3.30. The molecule has 0 heterocycles. The normalized spacial score (nSPS) is 14.3. The fourth-order valence-electron chi connectivity index (χ4n) is 4.92. The van der Waals surface area contributed by atoms with Gasteiger partial charge in [-0.3, -0.25) is 9.59 Å². The molecule has 0 aromatic heterocycles. The minimum atomic E-state index is -1.04. The van der Waals surface area contributed by atoms with Gasteiger partial charge in [0.05, 0.1) is 6.61 Å². The Morgan fingerprint density at radius 1 is 0.907 bits per heavy atom. The Hall–Kier alpha value is -4.08. The molecule has 2 atom stereocenters. The number of hydrogen-bond acceptors (Lipinski definition) is 7. The summed E-state index contributed by atoms with van der Waals surface area (Å²) in [6.07, 6.45) is 0.0418.